The highest BCUT2D eigenvalue weighted by Crippen LogP contribution is 2.28. The molecular formula is C27H31N7O2. The van der Waals surface area contributed by atoms with Gasteiger partial charge in [0, 0.05) is 57.1 Å². The number of carbonyl (C=O) groups is 2. The van der Waals surface area contributed by atoms with E-state index in [-0.39, 0.29) is 11.8 Å². The van der Waals surface area contributed by atoms with Gasteiger partial charge in [-0.1, -0.05) is 24.3 Å². The standard InChI is InChI=1S/C27H31N7O2/c1-18-6-4-5-7-21(18)23-16-25(32(3)31-23)30-20-10-13-34-24(15-20)22(17-29-34)27(36)33-11-8-19(9-12-33)14-26(35)28-2/h4-7,10,13,15-17,19,30H,8-9,11-12,14H2,1-3H3,(H,28,35). The third-order valence-electron chi connectivity index (χ3n) is 6.98. The van der Waals surface area contributed by atoms with E-state index in [1.54, 1.807) is 17.8 Å². The highest BCUT2D eigenvalue weighted by atomic mass is 16.2. The second kappa shape index (κ2) is 9.85. The number of benzene rings is 1. The molecule has 5 rings (SSSR count). The fraction of sp³-hybridized carbons (Fsp3) is 0.333. The number of nitrogens with one attached hydrogen (secondary N) is 2. The van der Waals surface area contributed by atoms with Crippen molar-refractivity contribution in [2.45, 2.75) is 26.2 Å². The number of amides is 2. The molecule has 1 aliphatic heterocycles. The van der Waals surface area contributed by atoms with Gasteiger partial charge < -0.3 is 15.5 Å². The van der Waals surface area contributed by atoms with Crippen LogP contribution in [0.25, 0.3) is 16.8 Å². The summed E-state index contributed by atoms with van der Waals surface area (Å²) in [7, 11) is 3.57. The molecular weight excluding hydrogens is 454 g/mol. The fourth-order valence-corrected chi connectivity index (χ4v) is 4.82. The van der Waals surface area contributed by atoms with Crippen LogP contribution in [0.15, 0.2) is 54.9 Å². The van der Waals surface area contributed by atoms with E-state index in [2.05, 4.69) is 39.9 Å². The molecule has 0 saturated carbocycles. The van der Waals surface area contributed by atoms with Gasteiger partial charge in [-0.15, -0.1) is 0 Å². The van der Waals surface area contributed by atoms with Crippen molar-refractivity contribution in [2.24, 2.45) is 13.0 Å². The van der Waals surface area contributed by atoms with Crippen LogP contribution >= 0.6 is 0 Å². The van der Waals surface area contributed by atoms with Crippen molar-refractivity contribution in [2.75, 3.05) is 25.5 Å². The zero-order valence-electron chi connectivity index (χ0n) is 20.9. The minimum absolute atomic E-state index is 0.0251. The number of carbonyl (C=O) groups excluding carboxylic acids is 2. The molecule has 9 nitrogen and oxygen atoms in total. The van der Waals surface area contributed by atoms with E-state index in [1.807, 2.05) is 53.2 Å². The molecule has 0 unspecified atom stereocenters. The fourth-order valence-electron chi connectivity index (χ4n) is 4.82. The second-order valence-corrected chi connectivity index (χ2v) is 9.39. The van der Waals surface area contributed by atoms with Gasteiger partial charge in [0.05, 0.1) is 23.0 Å². The lowest BCUT2D eigenvalue weighted by molar-refractivity contribution is -0.121. The number of nitrogens with zero attached hydrogens (tertiary/aromatic N) is 5. The quantitative estimate of drug-likeness (QED) is 0.433. The Balaban J connectivity index is 1.33. The zero-order valence-corrected chi connectivity index (χ0v) is 20.9. The first-order valence-electron chi connectivity index (χ1n) is 12.3. The third kappa shape index (κ3) is 4.68. The Morgan fingerprint density at radius 2 is 1.89 bits per heavy atom. The highest BCUT2D eigenvalue weighted by molar-refractivity contribution is 6.01. The first-order chi connectivity index (χ1) is 17.4. The van der Waals surface area contributed by atoms with Crippen molar-refractivity contribution < 1.29 is 9.59 Å². The maximum Gasteiger partial charge on any atom is 0.257 e. The lowest BCUT2D eigenvalue weighted by Crippen LogP contribution is -2.39. The number of pyridine rings is 1. The van der Waals surface area contributed by atoms with Crippen LogP contribution in [-0.2, 0) is 11.8 Å². The summed E-state index contributed by atoms with van der Waals surface area (Å²) in [5, 5.41) is 15.2. The summed E-state index contributed by atoms with van der Waals surface area (Å²) < 4.78 is 3.54. The molecule has 0 atom stereocenters. The van der Waals surface area contributed by atoms with Crippen LogP contribution in [0, 0.1) is 12.8 Å². The predicted octanol–water partition coefficient (Wildman–Crippen LogP) is 3.78. The third-order valence-corrected chi connectivity index (χ3v) is 6.98. The first-order valence-corrected chi connectivity index (χ1v) is 12.3. The van der Waals surface area contributed by atoms with Gasteiger partial charge in [-0.3, -0.25) is 14.3 Å². The minimum atomic E-state index is -0.0251. The molecule has 0 aliphatic carbocycles. The van der Waals surface area contributed by atoms with Gasteiger partial charge in [0.25, 0.3) is 5.91 Å². The summed E-state index contributed by atoms with van der Waals surface area (Å²) in [6.07, 6.45) is 5.66. The second-order valence-electron chi connectivity index (χ2n) is 9.39. The molecule has 4 aromatic rings. The minimum Gasteiger partial charge on any atom is -0.359 e. The predicted molar refractivity (Wildman–Crippen MR) is 139 cm³/mol. The monoisotopic (exact) mass is 485 g/mol. The van der Waals surface area contributed by atoms with E-state index in [4.69, 9.17) is 0 Å². The topological polar surface area (TPSA) is 96.6 Å². The van der Waals surface area contributed by atoms with Crippen molar-refractivity contribution in [3.63, 3.8) is 0 Å². The van der Waals surface area contributed by atoms with E-state index in [9.17, 15) is 9.59 Å². The molecule has 0 bridgehead atoms. The molecule has 2 amide bonds. The molecule has 186 valence electrons. The summed E-state index contributed by atoms with van der Waals surface area (Å²) in [6, 6.07) is 14.1. The van der Waals surface area contributed by atoms with Gasteiger partial charge in [-0.05, 0) is 43.4 Å². The van der Waals surface area contributed by atoms with Gasteiger partial charge in [-0.2, -0.15) is 10.2 Å². The number of likely N-dealkylation sites (tertiary alicyclic amines) is 1. The Kier molecular flexibility index (Phi) is 6.45. The number of rotatable bonds is 6. The molecule has 1 aromatic carbocycles. The molecule has 1 fully saturated rings. The first kappa shape index (κ1) is 23.6. The van der Waals surface area contributed by atoms with Crippen molar-refractivity contribution in [3.8, 4) is 11.3 Å². The van der Waals surface area contributed by atoms with Crippen LogP contribution in [-0.4, -0.2) is 56.2 Å². The number of hydrogen-bond donors (Lipinski definition) is 2. The van der Waals surface area contributed by atoms with Crippen LogP contribution in [0.3, 0.4) is 0 Å². The SMILES string of the molecule is CNC(=O)CC1CCN(C(=O)c2cnn3ccc(Nc4cc(-c5ccccc5C)nn4C)cc23)CC1. The van der Waals surface area contributed by atoms with Crippen molar-refractivity contribution in [1.82, 2.24) is 29.6 Å². The number of piperidine rings is 1. The molecule has 0 radical (unpaired) electrons. The number of aromatic nitrogens is 4. The normalized spacial score (nSPS) is 14.2. The summed E-state index contributed by atoms with van der Waals surface area (Å²) in [4.78, 5) is 26.9. The van der Waals surface area contributed by atoms with E-state index < -0.39 is 0 Å². The number of aryl methyl sites for hydroxylation is 2. The molecule has 9 heteroatoms. The Bertz CT molecular complexity index is 1410. The van der Waals surface area contributed by atoms with Gasteiger partial charge in [0.15, 0.2) is 0 Å². The van der Waals surface area contributed by atoms with E-state index in [0.29, 0.717) is 31.0 Å². The largest absolute Gasteiger partial charge is 0.359 e. The molecule has 2 N–H and O–H groups in total. The average molecular weight is 486 g/mol. The Hall–Kier alpha value is -4.14. The van der Waals surface area contributed by atoms with Crippen LogP contribution in [0.4, 0.5) is 11.5 Å². The van der Waals surface area contributed by atoms with Crippen LogP contribution in [0.2, 0.25) is 0 Å². The van der Waals surface area contributed by atoms with Crippen molar-refractivity contribution in [1.29, 1.82) is 0 Å². The van der Waals surface area contributed by atoms with E-state index in [0.717, 1.165) is 41.1 Å². The molecule has 1 aliphatic rings. The van der Waals surface area contributed by atoms with Gasteiger partial charge in [-0.25, -0.2) is 4.52 Å². The Morgan fingerprint density at radius 1 is 1.11 bits per heavy atom. The summed E-state index contributed by atoms with van der Waals surface area (Å²) in [6.45, 7) is 3.37. The Morgan fingerprint density at radius 3 is 2.64 bits per heavy atom. The van der Waals surface area contributed by atoms with E-state index in [1.165, 1.54) is 5.56 Å². The lowest BCUT2D eigenvalue weighted by Gasteiger charge is -2.31. The average Bonchev–Trinajstić information content (AvgIpc) is 3.47. The molecule has 0 spiro atoms. The zero-order chi connectivity index (χ0) is 25.2. The van der Waals surface area contributed by atoms with Crippen molar-refractivity contribution >= 4 is 28.8 Å². The smallest absolute Gasteiger partial charge is 0.257 e. The molecule has 36 heavy (non-hydrogen) atoms. The van der Waals surface area contributed by atoms with Crippen LogP contribution in [0.1, 0.15) is 35.2 Å². The number of fused-ring (bicyclic) bond motifs is 1. The summed E-state index contributed by atoms with van der Waals surface area (Å²) >= 11 is 0. The number of anilines is 2. The van der Waals surface area contributed by atoms with Gasteiger partial charge in [0.2, 0.25) is 5.91 Å². The van der Waals surface area contributed by atoms with Crippen LogP contribution in [0.5, 0.6) is 0 Å². The van der Waals surface area contributed by atoms with Crippen molar-refractivity contribution in [3.05, 3.63) is 66.0 Å². The molecule has 1 saturated heterocycles. The van der Waals surface area contributed by atoms with Crippen LogP contribution < -0.4 is 10.6 Å². The maximum atomic E-state index is 13.3. The summed E-state index contributed by atoms with van der Waals surface area (Å²) in [5.74, 6) is 1.20. The number of hydrogen-bond acceptors (Lipinski definition) is 5. The van der Waals surface area contributed by atoms with E-state index >= 15 is 0 Å². The van der Waals surface area contributed by atoms with Gasteiger partial charge >= 0.3 is 0 Å². The highest BCUT2D eigenvalue weighted by Gasteiger charge is 2.26. The summed E-state index contributed by atoms with van der Waals surface area (Å²) in [5.41, 5.74) is 5.34. The molecule has 4 heterocycles. The molecule has 3 aromatic heterocycles. The van der Waals surface area contributed by atoms with Gasteiger partial charge in [0.1, 0.15) is 5.82 Å². The maximum absolute atomic E-state index is 13.3. The lowest BCUT2D eigenvalue weighted by atomic mass is 9.93. The Labute approximate surface area is 210 Å².